The van der Waals surface area contributed by atoms with Crippen LogP contribution in [0.15, 0.2) is 18.3 Å². The Morgan fingerprint density at radius 3 is 3.05 bits per heavy atom. The molecule has 1 aromatic rings. The Morgan fingerprint density at radius 1 is 1.37 bits per heavy atom. The maximum absolute atomic E-state index is 12.1. The molecule has 3 N–H and O–H groups in total. The van der Waals surface area contributed by atoms with E-state index in [2.05, 4.69) is 15.2 Å². The van der Waals surface area contributed by atoms with Gasteiger partial charge in [-0.25, -0.2) is 4.98 Å². The maximum Gasteiger partial charge on any atom is 0.270 e. The van der Waals surface area contributed by atoms with Crippen LogP contribution in [0.25, 0.3) is 0 Å². The molecule has 2 aliphatic rings. The number of rotatable bonds is 2. The number of nitrogens with zero attached hydrogens (tertiary/aromatic N) is 2. The zero-order chi connectivity index (χ0) is 13.2. The van der Waals surface area contributed by atoms with Crippen molar-refractivity contribution in [3.8, 4) is 0 Å². The molecule has 2 unspecified atom stereocenters. The van der Waals surface area contributed by atoms with Gasteiger partial charge in [-0.2, -0.15) is 0 Å². The molecule has 5 nitrogen and oxygen atoms in total. The van der Waals surface area contributed by atoms with Gasteiger partial charge in [0.25, 0.3) is 5.91 Å². The van der Waals surface area contributed by atoms with Crippen molar-refractivity contribution in [2.75, 3.05) is 18.8 Å². The molecule has 1 amide bonds. The SMILES string of the molecule is Nc1ccc(C(=O)NC2CCN3CCCC3C2)nc1. The van der Waals surface area contributed by atoms with Crippen molar-refractivity contribution in [2.24, 2.45) is 0 Å². The quantitative estimate of drug-likeness (QED) is 0.833. The smallest absolute Gasteiger partial charge is 0.270 e. The van der Waals surface area contributed by atoms with Crippen LogP contribution < -0.4 is 11.1 Å². The number of carbonyl (C=O) groups is 1. The number of nitrogens with two attached hydrogens (primary N) is 1. The minimum atomic E-state index is -0.0866. The van der Waals surface area contributed by atoms with E-state index in [1.54, 1.807) is 12.1 Å². The molecule has 19 heavy (non-hydrogen) atoms. The minimum Gasteiger partial charge on any atom is -0.397 e. The molecule has 2 aliphatic heterocycles. The summed E-state index contributed by atoms with van der Waals surface area (Å²) in [6, 6.07) is 4.33. The molecule has 0 aromatic carbocycles. The standard InChI is InChI=1S/C14H20N4O/c15-10-3-4-13(16-9-10)14(19)17-11-5-7-18-6-1-2-12(18)8-11/h3-4,9,11-12H,1-2,5-8,15H2,(H,17,19). The number of amides is 1. The number of carbonyl (C=O) groups excluding carboxylic acids is 1. The largest absolute Gasteiger partial charge is 0.397 e. The van der Waals surface area contributed by atoms with E-state index in [-0.39, 0.29) is 11.9 Å². The highest BCUT2D eigenvalue weighted by Crippen LogP contribution is 2.26. The molecular weight excluding hydrogens is 240 g/mol. The van der Waals surface area contributed by atoms with Crippen LogP contribution in [0.1, 0.15) is 36.2 Å². The zero-order valence-electron chi connectivity index (χ0n) is 11.0. The summed E-state index contributed by atoms with van der Waals surface area (Å²) in [4.78, 5) is 18.7. The molecule has 0 bridgehead atoms. The summed E-state index contributed by atoms with van der Waals surface area (Å²) in [6.07, 6.45) is 6.20. The molecule has 2 fully saturated rings. The van der Waals surface area contributed by atoms with E-state index in [9.17, 15) is 4.79 Å². The predicted molar refractivity (Wildman–Crippen MR) is 73.7 cm³/mol. The van der Waals surface area contributed by atoms with Crippen molar-refractivity contribution in [3.63, 3.8) is 0 Å². The number of nitrogens with one attached hydrogen (secondary N) is 1. The van der Waals surface area contributed by atoms with Crippen LogP contribution in [0.5, 0.6) is 0 Å². The second kappa shape index (κ2) is 5.17. The van der Waals surface area contributed by atoms with Gasteiger partial charge < -0.3 is 16.0 Å². The Labute approximate surface area is 113 Å². The fourth-order valence-electron chi connectivity index (χ4n) is 3.15. The van der Waals surface area contributed by atoms with Crippen LogP contribution in [-0.2, 0) is 0 Å². The van der Waals surface area contributed by atoms with Crippen molar-refractivity contribution >= 4 is 11.6 Å². The summed E-state index contributed by atoms with van der Waals surface area (Å²) in [7, 11) is 0. The van der Waals surface area contributed by atoms with Gasteiger partial charge in [-0.15, -0.1) is 0 Å². The Morgan fingerprint density at radius 2 is 2.26 bits per heavy atom. The first-order valence-corrected chi connectivity index (χ1v) is 6.99. The lowest BCUT2D eigenvalue weighted by atomic mass is 9.97. The van der Waals surface area contributed by atoms with Gasteiger partial charge in [0, 0.05) is 18.6 Å². The Kier molecular flexibility index (Phi) is 3.38. The average molecular weight is 260 g/mol. The maximum atomic E-state index is 12.1. The van der Waals surface area contributed by atoms with Gasteiger partial charge >= 0.3 is 0 Å². The third-order valence-corrected chi connectivity index (χ3v) is 4.17. The predicted octanol–water partition coefficient (Wildman–Crippen LogP) is 1.02. The van der Waals surface area contributed by atoms with Gasteiger partial charge in [0.05, 0.1) is 11.9 Å². The topological polar surface area (TPSA) is 71.2 Å². The van der Waals surface area contributed by atoms with E-state index < -0.39 is 0 Å². The molecule has 0 spiro atoms. The number of hydrogen-bond acceptors (Lipinski definition) is 4. The first-order chi connectivity index (χ1) is 9.22. The van der Waals surface area contributed by atoms with Gasteiger partial charge in [-0.05, 0) is 44.4 Å². The molecule has 0 radical (unpaired) electrons. The molecule has 3 heterocycles. The number of anilines is 1. The van der Waals surface area contributed by atoms with Crippen LogP contribution in [0.3, 0.4) is 0 Å². The number of pyridine rings is 1. The Balaban J connectivity index is 1.59. The summed E-state index contributed by atoms with van der Waals surface area (Å²) in [5.41, 5.74) is 6.60. The Hall–Kier alpha value is -1.62. The highest BCUT2D eigenvalue weighted by atomic mass is 16.1. The molecule has 2 saturated heterocycles. The van der Waals surface area contributed by atoms with Gasteiger partial charge in [0.15, 0.2) is 0 Å². The Bertz CT molecular complexity index is 459. The van der Waals surface area contributed by atoms with Crippen LogP contribution in [0.4, 0.5) is 5.69 Å². The molecule has 0 saturated carbocycles. The van der Waals surface area contributed by atoms with E-state index in [0.717, 1.165) is 19.4 Å². The van der Waals surface area contributed by atoms with Gasteiger partial charge in [-0.1, -0.05) is 0 Å². The lowest BCUT2D eigenvalue weighted by Crippen LogP contribution is -2.47. The van der Waals surface area contributed by atoms with Crippen LogP contribution in [0, 0.1) is 0 Å². The molecular formula is C14H20N4O. The summed E-state index contributed by atoms with van der Waals surface area (Å²) >= 11 is 0. The second-order valence-corrected chi connectivity index (χ2v) is 5.50. The number of aromatic nitrogens is 1. The first-order valence-electron chi connectivity index (χ1n) is 6.99. The van der Waals surface area contributed by atoms with Crippen LogP contribution >= 0.6 is 0 Å². The van der Waals surface area contributed by atoms with Crippen molar-refractivity contribution in [3.05, 3.63) is 24.0 Å². The van der Waals surface area contributed by atoms with E-state index in [0.29, 0.717) is 17.4 Å². The summed E-state index contributed by atoms with van der Waals surface area (Å²) < 4.78 is 0. The van der Waals surface area contributed by atoms with Crippen LogP contribution in [0.2, 0.25) is 0 Å². The molecule has 0 aliphatic carbocycles. The average Bonchev–Trinajstić information content (AvgIpc) is 2.87. The fraction of sp³-hybridized carbons (Fsp3) is 0.571. The van der Waals surface area contributed by atoms with E-state index >= 15 is 0 Å². The highest BCUT2D eigenvalue weighted by molar-refractivity contribution is 5.92. The number of piperidine rings is 1. The molecule has 1 aromatic heterocycles. The van der Waals surface area contributed by atoms with E-state index in [1.807, 2.05) is 0 Å². The lowest BCUT2D eigenvalue weighted by molar-refractivity contribution is 0.0891. The molecule has 2 atom stereocenters. The minimum absolute atomic E-state index is 0.0866. The van der Waals surface area contributed by atoms with Crippen molar-refractivity contribution < 1.29 is 4.79 Å². The molecule has 3 rings (SSSR count). The highest BCUT2D eigenvalue weighted by Gasteiger charge is 2.32. The van der Waals surface area contributed by atoms with Gasteiger partial charge in [0.2, 0.25) is 0 Å². The third kappa shape index (κ3) is 2.71. The fourth-order valence-corrected chi connectivity index (χ4v) is 3.15. The first kappa shape index (κ1) is 12.4. The van der Waals surface area contributed by atoms with Crippen molar-refractivity contribution in [1.82, 2.24) is 15.2 Å². The third-order valence-electron chi connectivity index (χ3n) is 4.17. The molecule has 5 heteroatoms. The number of fused-ring (bicyclic) bond motifs is 1. The summed E-state index contributed by atoms with van der Waals surface area (Å²) in [6.45, 7) is 2.33. The van der Waals surface area contributed by atoms with Crippen LogP contribution in [-0.4, -0.2) is 41.0 Å². The number of hydrogen-bond donors (Lipinski definition) is 2. The monoisotopic (exact) mass is 260 g/mol. The lowest BCUT2D eigenvalue weighted by Gasteiger charge is -2.35. The number of nitrogen functional groups attached to an aromatic ring is 1. The summed E-state index contributed by atoms with van der Waals surface area (Å²) in [5, 5.41) is 3.10. The zero-order valence-corrected chi connectivity index (χ0v) is 11.0. The summed E-state index contributed by atoms with van der Waals surface area (Å²) in [5.74, 6) is -0.0866. The molecule has 102 valence electrons. The van der Waals surface area contributed by atoms with Crippen molar-refractivity contribution in [2.45, 2.75) is 37.8 Å². The second-order valence-electron chi connectivity index (χ2n) is 5.50. The van der Waals surface area contributed by atoms with E-state index in [4.69, 9.17) is 5.73 Å². The van der Waals surface area contributed by atoms with Gasteiger partial charge in [-0.3, -0.25) is 4.79 Å². The normalized spacial score (nSPS) is 26.9. The van der Waals surface area contributed by atoms with E-state index in [1.165, 1.54) is 25.6 Å². The van der Waals surface area contributed by atoms with Gasteiger partial charge in [0.1, 0.15) is 5.69 Å². The van der Waals surface area contributed by atoms with Crippen molar-refractivity contribution in [1.29, 1.82) is 0 Å².